The molecule has 2 heterocycles. The predicted octanol–water partition coefficient (Wildman–Crippen LogP) is 2.89. The van der Waals surface area contributed by atoms with E-state index in [1.807, 2.05) is 32.9 Å². The van der Waals surface area contributed by atoms with E-state index in [9.17, 15) is 4.79 Å². The number of ether oxygens (including phenoxy) is 1. The standard InChI is InChI=1S/C17H23N3O2/c1-16(2,3)22-15(21)20-9-10-8-11(10)14-12(20)4-5-13(19-14)17(18)6-7-17/h4-5,10-11H,6-9,18H2,1-3H3. The van der Waals surface area contributed by atoms with Crippen molar-refractivity contribution in [3.05, 3.63) is 23.5 Å². The second-order valence-corrected chi connectivity index (χ2v) is 7.95. The third-order valence-corrected chi connectivity index (χ3v) is 4.80. The third kappa shape index (κ3) is 2.28. The highest BCUT2D eigenvalue weighted by Crippen LogP contribution is 2.55. The fraction of sp³-hybridized carbons (Fsp3) is 0.647. The maximum Gasteiger partial charge on any atom is 0.414 e. The van der Waals surface area contributed by atoms with Crippen molar-refractivity contribution in [3.63, 3.8) is 0 Å². The maximum absolute atomic E-state index is 12.5. The first-order valence-electron chi connectivity index (χ1n) is 8.08. The van der Waals surface area contributed by atoms with Gasteiger partial charge in [-0.1, -0.05) is 0 Å². The number of fused-ring (bicyclic) bond motifs is 3. The van der Waals surface area contributed by atoms with Crippen molar-refractivity contribution in [1.29, 1.82) is 0 Å². The summed E-state index contributed by atoms with van der Waals surface area (Å²) in [6.07, 6.45) is 2.84. The molecule has 2 saturated carbocycles. The van der Waals surface area contributed by atoms with Crippen LogP contribution in [0.4, 0.5) is 10.5 Å². The Labute approximate surface area is 130 Å². The number of nitrogens with zero attached hydrogens (tertiary/aromatic N) is 2. The van der Waals surface area contributed by atoms with Crippen LogP contribution in [-0.2, 0) is 10.3 Å². The van der Waals surface area contributed by atoms with Crippen molar-refractivity contribution in [1.82, 2.24) is 4.98 Å². The number of rotatable bonds is 1. The molecule has 1 aromatic rings. The van der Waals surface area contributed by atoms with Crippen molar-refractivity contribution in [2.24, 2.45) is 11.7 Å². The number of carbonyl (C=O) groups is 1. The molecule has 1 aromatic heterocycles. The molecule has 2 unspecified atom stereocenters. The first-order chi connectivity index (χ1) is 10.3. The van der Waals surface area contributed by atoms with Gasteiger partial charge in [-0.3, -0.25) is 9.88 Å². The lowest BCUT2D eigenvalue weighted by molar-refractivity contribution is 0.0576. The van der Waals surface area contributed by atoms with E-state index in [1.54, 1.807) is 4.90 Å². The van der Waals surface area contributed by atoms with Crippen LogP contribution in [-0.4, -0.2) is 23.2 Å². The number of carbonyl (C=O) groups excluding carboxylic acids is 1. The van der Waals surface area contributed by atoms with Crippen LogP contribution >= 0.6 is 0 Å². The fourth-order valence-corrected chi connectivity index (χ4v) is 3.24. The van der Waals surface area contributed by atoms with Gasteiger partial charge in [0.1, 0.15) is 5.60 Å². The number of hydrogen-bond acceptors (Lipinski definition) is 4. The van der Waals surface area contributed by atoms with Gasteiger partial charge in [-0.2, -0.15) is 0 Å². The molecule has 0 radical (unpaired) electrons. The van der Waals surface area contributed by atoms with Crippen molar-refractivity contribution in [2.75, 3.05) is 11.4 Å². The van der Waals surface area contributed by atoms with Crippen molar-refractivity contribution >= 4 is 11.8 Å². The van der Waals surface area contributed by atoms with Gasteiger partial charge in [-0.15, -0.1) is 0 Å². The van der Waals surface area contributed by atoms with Crippen molar-refractivity contribution in [2.45, 2.75) is 57.1 Å². The number of anilines is 1. The Hall–Kier alpha value is -1.62. The summed E-state index contributed by atoms with van der Waals surface area (Å²) in [5.74, 6) is 1.02. The van der Waals surface area contributed by atoms with E-state index in [-0.39, 0.29) is 11.6 Å². The molecule has 22 heavy (non-hydrogen) atoms. The van der Waals surface area contributed by atoms with E-state index in [2.05, 4.69) is 0 Å². The highest BCUT2D eigenvalue weighted by molar-refractivity contribution is 5.90. The second-order valence-electron chi connectivity index (χ2n) is 7.95. The zero-order valence-corrected chi connectivity index (χ0v) is 13.4. The van der Waals surface area contributed by atoms with Gasteiger partial charge in [0.2, 0.25) is 0 Å². The molecule has 1 amide bonds. The molecular weight excluding hydrogens is 278 g/mol. The third-order valence-electron chi connectivity index (χ3n) is 4.80. The molecule has 3 aliphatic rings. The SMILES string of the molecule is CC(C)(C)OC(=O)N1CC2CC2c2nc(C3(N)CC3)ccc21. The first kappa shape index (κ1) is 14.0. The van der Waals surface area contributed by atoms with Gasteiger partial charge >= 0.3 is 6.09 Å². The topological polar surface area (TPSA) is 68.5 Å². The van der Waals surface area contributed by atoms with E-state index < -0.39 is 5.60 Å². The Balaban J connectivity index is 1.67. The van der Waals surface area contributed by atoms with Gasteiger partial charge in [0.05, 0.1) is 22.6 Å². The average Bonchev–Trinajstić information content (AvgIpc) is 3.31. The molecule has 1 aliphatic heterocycles. The molecule has 4 rings (SSSR count). The zero-order valence-electron chi connectivity index (χ0n) is 13.4. The Morgan fingerprint density at radius 2 is 2.14 bits per heavy atom. The first-order valence-corrected chi connectivity index (χ1v) is 8.08. The summed E-state index contributed by atoms with van der Waals surface area (Å²) in [7, 11) is 0. The normalized spacial score (nSPS) is 27.7. The Bertz CT molecular complexity index is 646. The molecule has 0 bridgehead atoms. The second kappa shape index (κ2) is 4.22. The molecule has 5 nitrogen and oxygen atoms in total. The summed E-state index contributed by atoms with van der Waals surface area (Å²) < 4.78 is 5.55. The molecule has 5 heteroatoms. The fourth-order valence-electron chi connectivity index (χ4n) is 3.24. The van der Waals surface area contributed by atoms with Gasteiger partial charge < -0.3 is 10.5 Å². The largest absolute Gasteiger partial charge is 0.443 e. The van der Waals surface area contributed by atoms with E-state index in [0.29, 0.717) is 11.8 Å². The molecule has 2 fully saturated rings. The summed E-state index contributed by atoms with van der Waals surface area (Å²) in [5, 5.41) is 0. The maximum atomic E-state index is 12.5. The summed E-state index contributed by atoms with van der Waals surface area (Å²) in [6, 6.07) is 3.98. The molecular formula is C17H23N3O2. The summed E-state index contributed by atoms with van der Waals surface area (Å²) >= 11 is 0. The van der Waals surface area contributed by atoms with E-state index in [1.165, 1.54) is 0 Å². The van der Waals surface area contributed by atoms with Gasteiger partial charge in [0.15, 0.2) is 0 Å². The summed E-state index contributed by atoms with van der Waals surface area (Å²) in [5.41, 5.74) is 8.47. The molecule has 2 atom stereocenters. The number of pyridine rings is 1. The van der Waals surface area contributed by atoms with Crippen molar-refractivity contribution in [3.8, 4) is 0 Å². The summed E-state index contributed by atoms with van der Waals surface area (Å²) in [4.78, 5) is 19.1. The van der Waals surface area contributed by atoms with Crippen LogP contribution in [0, 0.1) is 5.92 Å². The lowest BCUT2D eigenvalue weighted by Crippen LogP contribution is -2.40. The van der Waals surface area contributed by atoms with Crippen LogP contribution in [0.2, 0.25) is 0 Å². The minimum atomic E-state index is -0.486. The van der Waals surface area contributed by atoms with Crippen LogP contribution < -0.4 is 10.6 Å². The lowest BCUT2D eigenvalue weighted by Gasteiger charge is -2.31. The van der Waals surface area contributed by atoms with Crippen LogP contribution in [0.1, 0.15) is 57.3 Å². The number of nitrogens with two attached hydrogens (primary N) is 1. The van der Waals surface area contributed by atoms with Crippen LogP contribution in [0.25, 0.3) is 0 Å². The Kier molecular flexibility index (Phi) is 2.69. The number of amides is 1. The van der Waals surface area contributed by atoms with Gasteiger partial charge in [0, 0.05) is 12.5 Å². The molecule has 2 N–H and O–H groups in total. The smallest absolute Gasteiger partial charge is 0.414 e. The Morgan fingerprint density at radius 3 is 2.77 bits per heavy atom. The molecule has 118 valence electrons. The summed E-state index contributed by atoms with van der Waals surface area (Å²) in [6.45, 7) is 6.41. The average molecular weight is 301 g/mol. The quantitative estimate of drug-likeness (QED) is 0.866. The van der Waals surface area contributed by atoms with Crippen LogP contribution in [0.5, 0.6) is 0 Å². The molecule has 0 spiro atoms. The minimum Gasteiger partial charge on any atom is -0.443 e. The highest BCUT2D eigenvalue weighted by Gasteiger charge is 2.50. The van der Waals surface area contributed by atoms with Crippen molar-refractivity contribution < 1.29 is 9.53 Å². The van der Waals surface area contributed by atoms with E-state index in [0.717, 1.165) is 42.9 Å². The predicted molar refractivity (Wildman–Crippen MR) is 83.8 cm³/mol. The van der Waals surface area contributed by atoms with Crippen LogP contribution in [0.15, 0.2) is 12.1 Å². The lowest BCUT2D eigenvalue weighted by atomic mass is 10.0. The van der Waals surface area contributed by atoms with Gasteiger partial charge in [-0.05, 0) is 58.1 Å². The Morgan fingerprint density at radius 1 is 1.41 bits per heavy atom. The highest BCUT2D eigenvalue weighted by atomic mass is 16.6. The molecule has 2 aliphatic carbocycles. The number of aromatic nitrogens is 1. The van der Waals surface area contributed by atoms with E-state index >= 15 is 0 Å². The van der Waals surface area contributed by atoms with Gasteiger partial charge in [0.25, 0.3) is 0 Å². The minimum absolute atomic E-state index is 0.229. The molecule has 0 aromatic carbocycles. The number of hydrogen-bond donors (Lipinski definition) is 1. The van der Waals surface area contributed by atoms with E-state index in [4.69, 9.17) is 15.5 Å². The monoisotopic (exact) mass is 301 g/mol. The van der Waals surface area contributed by atoms with Gasteiger partial charge in [-0.25, -0.2) is 4.79 Å². The van der Waals surface area contributed by atoms with Crippen LogP contribution in [0.3, 0.4) is 0 Å². The zero-order chi connectivity index (χ0) is 15.7. The molecule has 0 saturated heterocycles.